The lowest BCUT2D eigenvalue weighted by atomic mass is 10.0. The number of halogens is 2. The van der Waals surface area contributed by atoms with Gasteiger partial charge in [0.1, 0.15) is 10.1 Å². The van der Waals surface area contributed by atoms with Crippen molar-refractivity contribution in [2.45, 2.75) is 12.5 Å². The van der Waals surface area contributed by atoms with Crippen LogP contribution >= 0.6 is 34.5 Å². The van der Waals surface area contributed by atoms with E-state index >= 15 is 0 Å². The summed E-state index contributed by atoms with van der Waals surface area (Å²) in [5.41, 5.74) is 1.66. The van der Waals surface area contributed by atoms with Crippen molar-refractivity contribution in [3.05, 3.63) is 50.1 Å². The van der Waals surface area contributed by atoms with E-state index in [1.54, 1.807) is 13.2 Å². The molecule has 1 atom stereocenters. The molecule has 5 heteroatoms. The van der Waals surface area contributed by atoms with Gasteiger partial charge in [0.25, 0.3) is 0 Å². The average Bonchev–Trinajstić information content (AvgIpc) is 2.69. The van der Waals surface area contributed by atoms with Crippen LogP contribution in [-0.4, -0.2) is 12.2 Å². The zero-order valence-electron chi connectivity index (χ0n) is 9.69. The number of aliphatic hydroxyl groups is 1. The molecule has 0 bridgehead atoms. The maximum absolute atomic E-state index is 10.2. The van der Waals surface area contributed by atoms with Crippen molar-refractivity contribution >= 4 is 34.5 Å². The van der Waals surface area contributed by atoms with Gasteiger partial charge < -0.3 is 9.84 Å². The van der Waals surface area contributed by atoms with Gasteiger partial charge in [-0.3, -0.25) is 0 Å². The van der Waals surface area contributed by atoms with Crippen molar-refractivity contribution in [3.63, 3.8) is 0 Å². The molecule has 0 spiro atoms. The van der Waals surface area contributed by atoms with E-state index in [0.717, 1.165) is 11.3 Å². The van der Waals surface area contributed by atoms with Crippen LogP contribution in [0.4, 0.5) is 0 Å². The number of methoxy groups -OCH3 is 1. The van der Waals surface area contributed by atoms with Crippen LogP contribution in [0.3, 0.4) is 0 Å². The first kappa shape index (κ1) is 13.7. The molecule has 0 saturated carbocycles. The molecular weight excluding hydrogens is 291 g/mol. The Labute approximate surface area is 120 Å². The third kappa shape index (κ3) is 3.18. The van der Waals surface area contributed by atoms with E-state index in [9.17, 15) is 5.11 Å². The fourth-order valence-corrected chi connectivity index (χ4v) is 3.28. The van der Waals surface area contributed by atoms with Crippen LogP contribution in [0.2, 0.25) is 8.67 Å². The Bertz CT molecular complexity index is 540. The van der Waals surface area contributed by atoms with E-state index in [2.05, 4.69) is 0 Å². The SMILES string of the molecule is COc1cccc(CC(O)c2cc(Cl)sc2Cl)c1. The lowest BCUT2D eigenvalue weighted by molar-refractivity contribution is 0.179. The molecule has 0 saturated heterocycles. The normalized spacial score (nSPS) is 12.4. The minimum Gasteiger partial charge on any atom is -0.497 e. The molecule has 1 N–H and O–H groups in total. The van der Waals surface area contributed by atoms with Crippen molar-refractivity contribution in [2.24, 2.45) is 0 Å². The molecule has 1 unspecified atom stereocenters. The van der Waals surface area contributed by atoms with Gasteiger partial charge in [0.05, 0.1) is 17.6 Å². The lowest BCUT2D eigenvalue weighted by Gasteiger charge is -2.10. The number of rotatable bonds is 4. The number of hydrogen-bond acceptors (Lipinski definition) is 3. The van der Waals surface area contributed by atoms with Gasteiger partial charge in [-0.1, -0.05) is 35.3 Å². The summed E-state index contributed by atoms with van der Waals surface area (Å²) in [5, 5.41) is 10.2. The molecule has 1 heterocycles. The van der Waals surface area contributed by atoms with Gasteiger partial charge in [-0.25, -0.2) is 0 Å². The third-order valence-corrected chi connectivity index (χ3v) is 4.12. The van der Waals surface area contributed by atoms with Gasteiger partial charge in [0.15, 0.2) is 0 Å². The molecule has 0 aliphatic rings. The fourth-order valence-electron chi connectivity index (χ4n) is 1.71. The summed E-state index contributed by atoms with van der Waals surface area (Å²) in [6, 6.07) is 9.30. The standard InChI is InChI=1S/C13H12Cl2O2S/c1-17-9-4-2-3-8(5-9)6-11(16)10-7-12(14)18-13(10)15/h2-5,7,11,16H,6H2,1H3. The predicted octanol–water partition coefficient (Wildman–Crippen LogP) is 4.34. The molecule has 2 nitrogen and oxygen atoms in total. The highest BCUT2D eigenvalue weighted by molar-refractivity contribution is 7.20. The number of aliphatic hydroxyl groups excluding tert-OH is 1. The van der Waals surface area contributed by atoms with Crippen LogP contribution in [0.15, 0.2) is 30.3 Å². The summed E-state index contributed by atoms with van der Waals surface area (Å²) in [6.45, 7) is 0. The predicted molar refractivity (Wildman–Crippen MR) is 76.0 cm³/mol. The molecule has 1 aromatic heterocycles. The van der Waals surface area contributed by atoms with Crippen LogP contribution in [0.5, 0.6) is 5.75 Å². The first-order valence-electron chi connectivity index (χ1n) is 5.36. The number of hydrogen-bond donors (Lipinski definition) is 1. The molecule has 0 aliphatic carbocycles. The van der Waals surface area contributed by atoms with Crippen LogP contribution < -0.4 is 4.74 Å². The number of ether oxygens (including phenoxy) is 1. The fraction of sp³-hybridized carbons (Fsp3) is 0.231. The largest absolute Gasteiger partial charge is 0.497 e. The topological polar surface area (TPSA) is 29.5 Å². The first-order chi connectivity index (χ1) is 8.60. The zero-order chi connectivity index (χ0) is 13.1. The van der Waals surface area contributed by atoms with Crippen LogP contribution in [0, 0.1) is 0 Å². The van der Waals surface area contributed by atoms with Crippen molar-refractivity contribution < 1.29 is 9.84 Å². The van der Waals surface area contributed by atoms with Gasteiger partial charge in [0, 0.05) is 12.0 Å². The maximum atomic E-state index is 10.2. The van der Waals surface area contributed by atoms with Gasteiger partial charge in [-0.15, -0.1) is 11.3 Å². The highest BCUT2D eigenvalue weighted by Gasteiger charge is 2.15. The van der Waals surface area contributed by atoms with Gasteiger partial charge >= 0.3 is 0 Å². The highest BCUT2D eigenvalue weighted by Crippen LogP contribution is 2.36. The maximum Gasteiger partial charge on any atom is 0.119 e. The lowest BCUT2D eigenvalue weighted by Crippen LogP contribution is -2.01. The molecule has 2 aromatic rings. The van der Waals surface area contributed by atoms with Crippen LogP contribution in [-0.2, 0) is 6.42 Å². The Hall–Kier alpha value is -0.740. The molecule has 0 fully saturated rings. The minimum absolute atomic E-state index is 0.476. The monoisotopic (exact) mass is 302 g/mol. The Morgan fingerprint density at radius 3 is 2.72 bits per heavy atom. The Balaban J connectivity index is 2.15. The van der Waals surface area contributed by atoms with E-state index < -0.39 is 6.10 Å². The average molecular weight is 303 g/mol. The molecule has 2 rings (SSSR count). The Morgan fingerprint density at radius 1 is 1.33 bits per heavy atom. The van der Waals surface area contributed by atoms with Gasteiger partial charge in [0.2, 0.25) is 0 Å². The van der Waals surface area contributed by atoms with Crippen LogP contribution in [0.1, 0.15) is 17.2 Å². The smallest absolute Gasteiger partial charge is 0.119 e. The van der Waals surface area contributed by atoms with E-state index in [4.69, 9.17) is 27.9 Å². The molecule has 96 valence electrons. The number of benzene rings is 1. The molecular formula is C13H12Cl2O2S. The van der Waals surface area contributed by atoms with Crippen LogP contribution in [0.25, 0.3) is 0 Å². The molecule has 18 heavy (non-hydrogen) atoms. The van der Waals surface area contributed by atoms with Gasteiger partial charge in [-0.2, -0.15) is 0 Å². The van der Waals surface area contributed by atoms with Crippen molar-refractivity contribution in [2.75, 3.05) is 7.11 Å². The summed E-state index contributed by atoms with van der Waals surface area (Å²) in [6.07, 6.45) is -0.183. The summed E-state index contributed by atoms with van der Waals surface area (Å²) in [5.74, 6) is 0.772. The summed E-state index contributed by atoms with van der Waals surface area (Å²) in [7, 11) is 1.62. The zero-order valence-corrected chi connectivity index (χ0v) is 12.0. The summed E-state index contributed by atoms with van der Waals surface area (Å²) < 4.78 is 6.26. The molecule has 0 aliphatic heterocycles. The van der Waals surface area contributed by atoms with Gasteiger partial charge in [-0.05, 0) is 23.8 Å². The van der Waals surface area contributed by atoms with E-state index in [1.807, 2.05) is 24.3 Å². The summed E-state index contributed by atoms with van der Waals surface area (Å²) >= 11 is 13.1. The first-order valence-corrected chi connectivity index (χ1v) is 6.93. The quantitative estimate of drug-likeness (QED) is 0.910. The highest BCUT2D eigenvalue weighted by atomic mass is 35.5. The second kappa shape index (κ2) is 5.93. The number of thiophene rings is 1. The molecule has 1 aromatic carbocycles. The third-order valence-electron chi connectivity index (χ3n) is 2.61. The minimum atomic E-state index is -0.659. The van der Waals surface area contributed by atoms with Crippen molar-refractivity contribution in [1.82, 2.24) is 0 Å². The van der Waals surface area contributed by atoms with Crippen molar-refractivity contribution in [3.8, 4) is 5.75 Å². The second-order valence-corrected chi connectivity index (χ2v) is 6.14. The molecule has 0 amide bonds. The van der Waals surface area contributed by atoms with E-state index in [-0.39, 0.29) is 0 Å². The molecule has 0 radical (unpaired) electrons. The Morgan fingerprint density at radius 2 is 2.11 bits per heavy atom. The van der Waals surface area contributed by atoms with E-state index in [0.29, 0.717) is 20.7 Å². The summed E-state index contributed by atoms with van der Waals surface area (Å²) in [4.78, 5) is 0. The second-order valence-electron chi connectivity index (χ2n) is 3.85. The van der Waals surface area contributed by atoms with Crippen molar-refractivity contribution in [1.29, 1.82) is 0 Å². The van der Waals surface area contributed by atoms with E-state index in [1.165, 1.54) is 11.3 Å². The Kier molecular flexibility index (Phi) is 4.51.